The largest absolute Gasteiger partial charge is 0.486 e. The highest BCUT2D eigenvalue weighted by Gasteiger charge is 2.22. The van der Waals surface area contributed by atoms with Gasteiger partial charge >= 0.3 is 0 Å². The third-order valence-corrected chi connectivity index (χ3v) is 6.13. The average Bonchev–Trinajstić information content (AvgIpc) is 3.46. The number of nitrogens with zero attached hydrogens (tertiary/aromatic N) is 4. The number of ether oxygens (including phenoxy) is 2. The van der Waals surface area contributed by atoms with Gasteiger partial charge in [-0.1, -0.05) is 25.1 Å². The van der Waals surface area contributed by atoms with Gasteiger partial charge in [-0.25, -0.2) is 15.0 Å². The number of aromatic amines is 1. The molecule has 0 aliphatic carbocycles. The van der Waals surface area contributed by atoms with E-state index in [9.17, 15) is 0 Å². The normalized spacial score (nSPS) is 14.1. The lowest BCUT2D eigenvalue weighted by Gasteiger charge is -2.26. The predicted molar refractivity (Wildman–Crippen MR) is 128 cm³/mol. The van der Waals surface area contributed by atoms with Gasteiger partial charge in [-0.15, -0.1) is 0 Å². The van der Waals surface area contributed by atoms with Crippen molar-refractivity contribution in [1.29, 1.82) is 0 Å². The summed E-state index contributed by atoms with van der Waals surface area (Å²) in [6.45, 7) is 7.39. The van der Waals surface area contributed by atoms with Crippen LogP contribution < -0.4 is 14.8 Å². The molecule has 0 saturated carbocycles. The minimum Gasteiger partial charge on any atom is -0.486 e. The number of hydrogen-bond acceptors (Lipinski definition) is 8. The maximum absolute atomic E-state index is 5.80. The van der Waals surface area contributed by atoms with Crippen molar-refractivity contribution in [2.75, 3.05) is 18.5 Å². The summed E-state index contributed by atoms with van der Waals surface area (Å²) >= 11 is 0. The Hall–Kier alpha value is -4.14. The van der Waals surface area contributed by atoms with Crippen LogP contribution in [0.2, 0.25) is 0 Å². The first kappa shape index (κ1) is 20.5. The van der Waals surface area contributed by atoms with Gasteiger partial charge in [0.05, 0.1) is 22.5 Å². The molecule has 0 spiro atoms. The van der Waals surface area contributed by atoms with Crippen molar-refractivity contribution >= 4 is 28.0 Å². The molecule has 0 fully saturated rings. The van der Waals surface area contributed by atoms with Crippen molar-refractivity contribution in [3.8, 4) is 22.8 Å². The zero-order valence-corrected chi connectivity index (χ0v) is 19.1. The lowest BCUT2D eigenvalue weighted by molar-refractivity contribution is 0.171. The van der Waals surface area contributed by atoms with Crippen LogP contribution in [0.5, 0.6) is 11.5 Å². The zero-order valence-electron chi connectivity index (χ0n) is 19.1. The lowest BCUT2D eigenvalue weighted by Crippen LogP contribution is -2.19. The summed E-state index contributed by atoms with van der Waals surface area (Å²) in [4.78, 5) is 16.8. The number of benzene rings is 1. The van der Waals surface area contributed by atoms with Gasteiger partial charge in [-0.05, 0) is 42.7 Å². The van der Waals surface area contributed by atoms with Gasteiger partial charge in [0.15, 0.2) is 11.5 Å². The molecule has 0 bridgehead atoms. The third kappa shape index (κ3) is 3.49. The molecule has 1 atom stereocenters. The van der Waals surface area contributed by atoms with Crippen LogP contribution in [-0.2, 0) is 0 Å². The lowest BCUT2D eigenvalue weighted by atomic mass is 9.95. The first-order valence-electron chi connectivity index (χ1n) is 11.3. The SMILES string of the molecule is Cc1noc2ncc(-c3cc4c(N[C@@H](c5ccc6c(c5)OCCO6)C(C)C)ncnc4[nH]3)cc12. The second-order valence-electron chi connectivity index (χ2n) is 8.78. The standard InChI is InChI=1S/C25H24N6O3/c1-13(2)22(15-4-5-20-21(9-15)33-7-6-32-20)30-24-18-10-19(29-23(18)27-12-28-24)16-8-17-14(3)31-34-25(17)26-11-16/h4-5,8-13,22H,6-7H2,1-3H3,(H2,27,28,29,30)/t22-/m1/s1. The first-order valence-corrected chi connectivity index (χ1v) is 11.3. The number of pyridine rings is 1. The van der Waals surface area contributed by atoms with Crippen molar-refractivity contribution in [2.45, 2.75) is 26.8 Å². The third-order valence-electron chi connectivity index (χ3n) is 6.13. The number of aryl methyl sites for hydroxylation is 1. The highest BCUT2D eigenvalue weighted by Crippen LogP contribution is 2.37. The topological polar surface area (TPSA) is 111 Å². The summed E-state index contributed by atoms with van der Waals surface area (Å²) < 4.78 is 16.7. The molecule has 0 saturated heterocycles. The minimum absolute atomic E-state index is 0.0185. The molecule has 1 aromatic carbocycles. The van der Waals surface area contributed by atoms with E-state index in [2.05, 4.69) is 56.4 Å². The second-order valence-corrected chi connectivity index (χ2v) is 8.78. The number of fused-ring (bicyclic) bond motifs is 3. The maximum atomic E-state index is 5.80. The number of H-pyrrole nitrogens is 1. The van der Waals surface area contributed by atoms with Crippen LogP contribution in [0, 0.1) is 12.8 Å². The Morgan fingerprint density at radius 1 is 0.971 bits per heavy atom. The fraction of sp³-hybridized carbons (Fsp3) is 0.280. The fourth-order valence-corrected chi connectivity index (χ4v) is 4.34. The van der Waals surface area contributed by atoms with Gasteiger partial charge in [0.25, 0.3) is 5.71 Å². The minimum atomic E-state index is 0.0185. The molecular formula is C25H24N6O3. The number of hydrogen-bond donors (Lipinski definition) is 2. The van der Waals surface area contributed by atoms with Gasteiger partial charge in [-0.3, -0.25) is 0 Å². The van der Waals surface area contributed by atoms with Gasteiger partial charge in [0, 0.05) is 17.5 Å². The van der Waals surface area contributed by atoms with Gasteiger partial charge in [-0.2, -0.15) is 0 Å². The van der Waals surface area contributed by atoms with E-state index < -0.39 is 0 Å². The highest BCUT2D eigenvalue weighted by atomic mass is 16.6. The van der Waals surface area contributed by atoms with Gasteiger partial charge < -0.3 is 24.3 Å². The quantitative estimate of drug-likeness (QED) is 0.378. The summed E-state index contributed by atoms with van der Waals surface area (Å²) in [6, 6.07) is 10.2. The van der Waals surface area contributed by atoms with E-state index in [0.29, 0.717) is 24.8 Å². The molecule has 2 N–H and O–H groups in total. The van der Waals surface area contributed by atoms with Crippen molar-refractivity contribution < 1.29 is 14.0 Å². The fourth-order valence-electron chi connectivity index (χ4n) is 4.34. The smallest absolute Gasteiger partial charge is 0.257 e. The van der Waals surface area contributed by atoms with Crippen LogP contribution in [0.4, 0.5) is 5.82 Å². The van der Waals surface area contributed by atoms with E-state index in [0.717, 1.165) is 56.3 Å². The monoisotopic (exact) mass is 456 g/mol. The number of rotatable bonds is 5. The molecule has 1 aliphatic rings. The summed E-state index contributed by atoms with van der Waals surface area (Å²) in [6.07, 6.45) is 3.34. The summed E-state index contributed by atoms with van der Waals surface area (Å²) in [7, 11) is 0. The molecule has 0 amide bonds. The maximum Gasteiger partial charge on any atom is 0.257 e. The Morgan fingerprint density at radius 3 is 2.68 bits per heavy atom. The number of anilines is 1. The summed E-state index contributed by atoms with van der Waals surface area (Å²) in [5.74, 6) is 2.62. The van der Waals surface area contributed by atoms with Crippen LogP contribution in [0.15, 0.2) is 47.4 Å². The first-order chi connectivity index (χ1) is 16.6. The van der Waals surface area contributed by atoms with Crippen molar-refractivity contribution in [3.63, 3.8) is 0 Å². The van der Waals surface area contributed by atoms with Crippen LogP contribution >= 0.6 is 0 Å². The molecule has 0 radical (unpaired) electrons. The number of aromatic nitrogens is 5. The molecule has 9 nitrogen and oxygen atoms in total. The Bertz CT molecular complexity index is 1510. The molecule has 5 heterocycles. The van der Waals surface area contributed by atoms with Gasteiger partial charge in [0.2, 0.25) is 0 Å². The molecule has 5 aromatic rings. The molecule has 6 rings (SSSR count). The zero-order chi connectivity index (χ0) is 23.2. The van der Waals surface area contributed by atoms with E-state index in [1.54, 1.807) is 12.5 Å². The van der Waals surface area contributed by atoms with Gasteiger partial charge in [0.1, 0.15) is 31.0 Å². The summed E-state index contributed by atoms with van der Waals surface area (Å²) in [5.41, 5.74) is 5.02. The van der Waals surface area contributed by atoms with Crippen molar-refractivity contribution in [2.24, 2.45) is 5.92 Å². The molecule has 34 heavy (non-hydrogen) atoms. The average molecular weight is 457 g/mol. The Balaban J connectivity index is 1.37. The van der Waals surface area contributed by atoms with E-state index in [1.807, 2.05) is 25.1 Å². The van der Waals surface area contributed by atoms with E-state index >= 15 is 0 Å². The molecule has 0 unspecified atom stereocenters. The second kappa shape index (κ2) is 8.02. The predicted octanol–water partition coefficient (Wildman–Crippen LogP) is 5.05. The van der Waals surface area contributed by atoms with E-state index in [1.165, 1.54) is 0 Å². The number of nitrogens with one attached hydrogen (secondary N) is 2. The Labute approximate surface area is 195 Å². The van der Waals surface area contributed by atoms with Crippen molar-refractivity contribution in [1.82, 2.24) is 25.1 Å². The van der Waals surface area contributed by atoms with Crippen LogP contribution in [0.25, 0.3) is 33.4 Å². The molecule has 1 aliphatic heterocycles. The van der Waals surface area contributed by atoms with Crippen molar-refractivity contribution in [3.05, 3.63) is 54.1 Å². The molecular weight excluding hydrogens is 432 g/mol. The Morgan fingerprint density at radius 2 is 1.82 bits per heavy atom. The summed E-state index contributed by atoms with van der Waals surface area (Å²) in [5, 5.41) is 9.42. The van der Waals surface area contributed by atoms with Crippen LogP contribution in [0.3, 0.4) is 0 Å². The Kier molecular flexibility index (Phi) is 4.83. The van der Waals surface area contributed by atoms with Crippen LogP contribution in [0.1, 0.15) is 31.1 Å². The molecule has 9 heteroatoms. The van der Waals surface area contributed by atoms with E-state index in [4.69, 9.17) is 14.0 Å². The molecule has 4 aromatic heterocycles. The van der Waals surface area contributed by atoms with Crippen LogP contribution in [-0.4, -0.2) is 38.3 Å². The molecule has 172 valence electrons. The highest BCUT2D eigenvalue weighted by molar-refractivity contribution is 5.92. The van der Waals surface area contributed by atoms with E-state index in [-0.39, 0.29) is 6.04 Å².